The number of hydrogen-bond donors (Lipinski definition) is 0. The van der Waals surface area contributed by atoms with Gasteiger partial charge in [-0.25, -0.2) is 4.98 Å². The van der Waals surface area contributed by atoms with Gasteiger partial charge in [0.05, 0.1) is 17.4 Å². The number of anilines is 1. The Labute approximate surface area is 187 Å². The number of carbonyl (C=O) groups is 1. The van der Waals surface area contributed by atoms with E-state index >= 15 is 0 Å². The molecule has 0 aromatic carbocycles. The van der Waals surface area contributed by atoms with Crippen molar-refractivity contribution >= 4 is 23.2 Å². The maximum atomic E-state index is 12.7. The Kier molecular flexibility index (Phi) is 6.41. The summed E-state index contributed by atoms with van der Waals surface area (Å²) in [6.07, 6.45) is 1.86. The van der Waals surface area contributed by atoms with Gasteiger partial charge in [0.15, 0.2) is 5.82 Å². The van der Waals surface area contributed by atoms with Crippen LogP contribution in [-0.4, -0.2) is 51.8 Å². The minimum Gasteiger partial charge on any atom is -0.369 e. The Morgan fingerprint density at radius 3 is 2.38 bits per heavy atom. The summed E-state index contributed by atoms with van der Waals surface area (Å²) in [6, 6.07) is 1.92. The molecule has 4 heterocycles. The highest BCUT2D eigenvalue weighted by molar-refractivity contribution is 6.33. The molecule has 2 aromatic rings. The fourth-order valence-corrected chi connectivity index (χ4v) is 4.46. The molecule has 2 aromatic heterocycles. The lowest BCUT2D eigenvalue weighted by Gasteiger charge is -2.34. The van der Waals surface area contributed by atoms with Crippen LogP contribution in [0.3, 0.4) is 0 Å². The van der Waals surface area contributed by atoms with Gasteiger partial charge in [0.2, 0.25) is 5.91 Å². The molecule has 0 unspecified atom stereocenters. The van der Waals surface area contributed by atoms with Crippen LogP contribution in [0.1, 0.15) is 37.7 Å². The second-order valence-electron chi connectivity index (χ2n) is 8.19. The fourth-order valence-electron chi connectivity index (χ4n) is 4.21. The van der Waals surface area contributed by atoms with Crippen LogP contribution in [0.4, 0.5) is 18.9 Å². The van der Waals surface area contributed by atoms with Gasteiger partial charge in [0.25, 0.3) is 5.56 Å². The molecule has 0 spiro atoms. The normalized spacial score (nSPS) is 17.8. The standard InChI is InChI=1S/C21H23ClF3N5O2/c22-19-16(28-9-5-14(6-10-28)11-18(31)29-7-1-2-8-29)13-27-30(20(19)32)17-4-3-15(12-26-17)21(23,24)25/h3-4,12-14H,1-2,5-11H2. The van der Waals surface area contributed by atoms with Crippen molar-refractivity contribution in [2.24, 2.45) is 5.92 Å². The van der Waals surface area contributed by atoms with Gasteiger partial charge in [-0.05, 0) is 43.7 Å². The number of carbonyl (C=O) groups excluding carboxylic acids is 1. The molecular formula is C21H23ClF3N5O2. The van der Waals surface area contributed by atoms with Gasteiger partial charge >= 0.3 is 6.18 Å². The molecule has 2 fully saturated rings. The fraction of sp³-hybridized carbons (Fsp3) is 0.524. The molecule has 2 aliphatic heterocycles. The van der Waals surface area contributed by atoms with E-state index in [1.54, 1.807) is 0 Å². The molecule has 0 bridgehead atoms. The van der Waals surface area contributed by atoms with E-state index < -0.39 is 17.3 Å². The van der Waals surface area contributed by atoms with Crippen molar-refractivity contribution in [3.05, 3.63) is 45.5 Å². The monoisotopic (exact) mass is 469 g/mol. The summed E-state index contributed by atoms with van der Waals surface area (Å²) < 4.78 is 39.1. The first-order chi connectivity index (χ1) is 15.2. The van der Waals surface area contributed by atoms with E-state index in [4.69, 9.17) is 11.6 Å². The molecule has 0 atom stereocenters. The zero-order chi connectivity index (χ0) is 22.9. The summed E-state index contributed by atoms with van der Waals surface area (Å²) in [5.74, 6) is 0.464. The number of aromatic nitrogens is 3. The van der Waals surface area contributed by atoms with Gasteiger partial charge in [-0.2, -0.15) is 23.0 Å². The smallest absolute Gasteiger partial charge is 0.369 e. The van der Waals surface area contributed by atoms with E-state index in [0.717, 1.165) is 55.6 Å². The third-order valence-corrected chi connectivity index (χ3v) is 6.43. The lowest BCUT2D eigenvalue weighted by Crippen LogP contribution is -2.38. The second-order valence-corrected chi connectivity index (χ2v) is 8.56. The van der Waals surface area contributed by atoms with Gasteiger partial charge in [0, 0.05) is 38.8 Å². The maximum absolute atomic E-state index is 12.7. The molecule has 172 valence electrons. The highest BCUT2D eigenvalue weighted by Gasteiger charge is 2.31. The first-order valence-electron chi connectivity index (χ1n) is 10.6. The summed E-state index contributed by atoms with van der Waals surface area (Å²) in [6.45, 7) is 2.98. The van der Waals surface area contributed by atoms with Gasteiger partial charge in [-0.15, -0.1) is 0 Å². The molecule has 1 amide bonds. The highest BCUT2D eigenvalue weighted by Crippen LogP contribution is 2.30. The number of alkyl halides is 3. The number of nitrogens with zero attached hydrogens (tertiary/aromatic N) is 5. The summed E-state index contributed by atoms with van der Waals surface area (Å²) in [5.41, 5.74) is -1.09. The molecule has 0 N–H and O–H groups in total. The lowest BCUT2D eigenvalue weighted by molar-refractivity contribution is -0.137. The molecule has 4 rings (SSSR count). The largest absolute Gasteiger partial charge is 0.417 e. The quantitative estimate of drug-likeness (QED) is 0.685. The topological polar surface area (TPSA) is 71.3 Å². The molecule has 2 saturated heterocycles. The number of amides is 1. The Balaban J connectivity index is 1.43. The van der Waals surface area contributed by atoms with Crippen LogP contribution in [-0.2, 0) is 11.0 Å². The molecule has 7 nitrogen and oxygen atoms in total. The summed E-state index contributed by atoms with van der Waals surface area (Å²) in [5, 5.41) is 4.01. The highest BCUT2D eigenvalue weighted by atomic mass is 35.5. The van der Waals surface area contributed by atoms with Crippen LogP contribution >= 0.6 is 11.6 Å². The Morgan fingerprint density at radius 1 is 1.09 bits per heavy atom. The minimum absolute atomic E-state index is 0.0458. The predicted octanol–water partition coefficient (Wildman–Crippen LogP) is 3.53. The Hall–Kier alpha value is -2.62. The number of pyridine rings is 1. The van der Waals surface area contributed by atoms with Crippen molar-refractivity contribution in [2.45, 2.75) is 38.3 Å². The van der Waals surface area contributed by atoms with Gasteiger partial charge in [-0.1, -0.05) is 11.6 Å². The van der Waals surface area contributed by atoms with Crippen LogP contribution in [0, 0.1) is 5.92 Å². The van der Waals surface area contributed by atoms with E-state index in [1.165, 1.54) is 6.20 Å². The average Bonchev–Trinajstić information content (AvgIpc) is 3.31. The zero-order valence-electron chi connectivity index (χ0n) is 17.3. The molecule has 0 aliphatic carbocycles. The number of halogens is 4. The molecular weight excluding hydrogens is 447 g/mol. The summed E-state index contributed by atoms with van der Waals surface area (Å²) in [4.78, 5) is 32.7. The van der Waals surface area contributed by atoms with Crippen molar-refractivity contribution < 1.29 is 18.0 Å². The van der Waals surface area contributed by atoms with E-state index in [2.05, 4.69) is 10.1 Å². The van der Waals surface area contributed by atoms with E-state index in [0.29, 0.717) is 37.3 Å². The van der Waals surface area contributed by atoms with Crippen LogP contribution in [0.5, 0.6) is 0 Å². The van der Waals surface area contributed by atoms with Crippen molar-refractivity contribution in [1.29, 1.82) is 0 Å². The van der Waals surface area contributed by atoms with E-state index in [9.17, 15) is 22.8 Å². The van der Waals surface area contributed by atoms with Crippen LogP contribution in [0.15, 0.2) is 29.3 Å². The van der Waals surface area contributed by atoms with Gasteiger partial charge in [0.1, 0.15) is 5.02 Å². The lowest BCUT2D eigenvalue weighted by atomic mass is 9.93. The third-order valence-electron chi connectivity index (χ3n) is 6.07. The molecule has 0 radical (unpaired) electrons. The van der Waals surface area contributed by atoms with Crippen LogP contribution < -0.4 is 10.5 Å². The maximum Gasteiger partial charge on any atom is 0.417 e. The number of piperidine rings is 1. The summed E-state index contributed by atoms with van der Waals surface area (Å²) in [7, 11) is 0. The van der Waals surface area contributed by atoms with Crippen molar-refractivity contribution in [3.8, 4) is 5.82 Å². The first kappa shape index (κ1) is 22.6. The third kappa shape index (κ3) is 4.74. The van der Waals surface area contributed by atoms with Crippen molar-refractivity contribution in [3.63, 3.8) is 0 Å². The number of rotatable bonds is 4. The van der Waals surface area contributed by atoms with E-state index in [1.807, 2.05) is 9.80 Å². The van der Waals surface area contributed by atoms with Gasteiger partial charge in [-0.3, -0.25) is 9.59 Å². The average molecular weight is 470 g/mol. The van der Waals surface area contributed by atoms with Gasteiger partial charge < -0.3 is 9.80 Å². The van der Waals surface area contributed by atoms with Crippen molar-refractivity contribution in [2.75, 3.05) is 31.1 Å². The Bertz CT molecular complexity index is 1030. The molecule has 32 heavy (non-hydrogen) atoms. The van der Waals surface area contributed by atoms with Crippen molar-refractivity contribution in [1.82, 2.24) is 19.7 Å². The molecule has 0 saturated carbocycles. The minimum atomic E-state index is -4.52. The number of likely N-dealkylation sites (tertiary alicyclic amines) is 1. The first-order valence-corrected chi connectivity index (χ1v) is 11.0. The number of hydrogen-bond acceptors (Lipinski definition) is 5. The second kappa shape index (κ2) is 9.09. The molecule has 11 heteroatoms. The summed E-state index contributed by atoms with van der Waals surface area (Å²) >= 11 is 6.31. The van der Waals surface area contributed by atoms with Crippen LogP contribution in [0.25, 0.3) is 5.82 Å². The Morgan fingerprint density at radius 2 is 1.78 bits per heavy atom. The zero-order valence-corrected chi connectivity index (χ0v) is 18.1. The predicted molar refractivity (Wildman–Crippen MR) is 113 cm³/mol. The van der Waals surface area contributed by atoms with Crippen LogP contribution in [0.2, 0.25) is 5.02 Å². The molecule has 2 aliphatic rings. The van der Waals surface area contributed by atoms with E-state index in [-0.39, 0.29) is 16.7 Å². The SMILES string of the molecule is O=C(CC1CCN(c2cnn(-c3ccc(C(F)(F)F)cn3)c(=O)c2Cl)CC1)N1CCCC1.